The molecule has 1 aliphatic carbocycles. The van der Waals surface area contributed by atoms with Crippen LogP contribution in [0.15, 0.2) is 18.2 Å². The van der Waals surface area contributed by atoms with E-state index in [0.717, 1.165) is 11.3 Å². The van der Waals surface area contributed by atoms with E-state index in [2.05, 4.69) is 31.4 Å². The van der Waals surface area contributed by atoms with Crippen LogP contribution in [0.2, 0.25) is 0 Å². The summed E-state index contributed by atoms with van der Waals surface area (Å²) in [5, 5.41) is 5.84. The highest BCUT2D eigenvalue weighted by molar-refractivity contribution is 6.09. The van der Waals surface area contributed by atoms with Crippen LogP contribution < -0.4 is 20.1 Å². The number of nitrogens with one attached hydrogen (secondary N) is 2. The van der Waals surface area contributed by atoms with Gasteiger partial charge in [0.2, 0.25) is 18.6 Å². The summed E-state index contributed by atoms with van der Waals surface area (Å²) in [4.78, 5) is 54.6. The molecule has 5 rings (SSSR count). The van der Waals surface area contributed by atoms with Crippen molar-refractivity contribution in [1.29, 1.82) is 0 Å². The number of hydrogen-bond donors (Lipinski definition) is 2. The maximum absolute atomic E-state index is 13.3. The molecule has 10 heteroatoms. The fourth-order valence-corrected chi connectivity index (χ4v) is 6.49. The number of imide groups is 1. The number of benzene rings is 1. The summed E-state index contributed by atoms with van der Waals surface area (Å²) in [5.74, 6) is 0.652. The van der Waals surface area contributed by atoms with Gasteiger partial charge in [-0.15, -0.1) is 0 Å². The summed E-state index contributed by atoms with van der Waals surface area (Å²) in [5.41, 5.74) is -0.349. The van der Waals surface area contributed by atoms with Crippen molar-refractivity contribution in [3.8, 4) is 11.5 Å². The van der Waals surface area contributed by atoms with E-state index in [-0.39, 0.29) is 42.4 Å². The molecule has 1 spiro atoms. The predicted octanol–water partition coefficient (Wildman–Crippen LogP) is 2.73. The number of hydrogen-bond acceptors (Lipinski definition) is 6. The zero-order chi connectivity index (χ0) is 25.7. The van der Waals surface area contributed by atoms with Crippen LogP contribution in [-0.4, -0.2) is 65.5 Å². The number of likely N-dealkylation sites (tertiary alicyclic amines) is 1. The summed E-state index contributed by atoms with van der Waals surface area (Å²) in [6.45, 7) is 7.03. The molecule has 0 aromatic heterocycles. The first kappa shape index (κ1) is 24.4. The minimum Gasteiger partial charge on any atom is -0.454 e. The molecule has 0 bridgehead atoms. The molecule has 1 saturated carbocycles. The van der Waals surface area contributed by atoms with Gasteiger partial charge in [-0.2, -0.15) is 0 Å². The second-order valence-corrected chi connectivity index (χ2v) is 11.5. The normalized spacial score (nSPS) is 27.4. The Kier molecular flexibility index (Phi) is 6.08. The van der Waals surface area contributed by atoms with Gasteiger partial charge in [-0.05, 0) is 55.6 Å². The number of carbonyl (C=O) groups excluding carboxylic acids is 4. The third kappa shape index (κ3) is 4.60. The van der Waals surface area contributed by atoms with Crippen LogP contribution in [0.4, 0.5) is 10.5 Å². The van der Waals surface area contributed by atoms with Gasteiger partial charge in [0.05, 0.1) is 0 Å². The molecule has 3 aliphatic heterocycles. The Hall–Kier alpha value is -3.30. The van der Waals surface area contributed by atoms with Gasteiger partial charge in [-0.25, -0.2) is 4.79 Å². The molecule has 3 heterocycles. The SMILES string of the molecule is CC1CC(C)(C)CC2(C1)NC(=O)N(CC(=O)N1CCC(C(=O)Nc3ccc4c(c3)OCO4)CC1)C2=O. The summed E-state index contributed by atoms with van der Waals surface area (Å²) >= 11 is 0. The lowest BCUT2D eigenvalue weighted by Crippen LogP contribution is -2.54. The molecule has 10 nitrogen and oxygen atoms in total. The smallest absolute Gasteiger partial charge is 0.325 e. The topological polar surface area (TPSA) is 117 Å². The van der Waals surface area contributed by atoms with Crippen molar-refractivity contribution < 1.29 is 28.7 Å². The number of ether oxygens (including phenoxy) is 2. The van der Waals surface area contributed by atoms with Crippen LogP contribution in [0, 0.1) is 17.3 Å². The molecule has 1 aromatic rings. The monoisotopic (exact) mass is 498 g/mol. The van der Waals surface area contributed by atoms with Crippen molar-refractivity contribution in [2.24, 2.45) is 17.3 Å². The Morgan fingerprint density at radius 3 is 2.56 bits per heavy atom. The van der Waals surface area contributed by atoms with Gasteiger partial charge in [0.15, 0.2) is 11.5 Å². The summed E-state index contributed by atoms with van der Waals surface area (Å²) in [7, 11) is 0. The van der Waals surface area contributed by atoms with Crippen molar-refractivity contribution in [2.75, 3.05) is 31.7 Å². The van der Waals surface area contributed by atoms with Crippen molar-refractivity contribution in [3.63, 3.8) is 0 Å². The average molecular weight is 499 g/mol. The first-order valence-electron chi connectivity index (χ1n) is 12.7. The van der Waals surface area contributed by atoms with E-state index < -0.39 is 11.6 Å². The van der Waals surface area contributed by atoms with Gasteiger partial charge >= 0.3 is 6.03 Å². The van der Waals surface area contributed by atoms with Crippen molar-refractivity contribution >= 4 is 29.4 Å². The zero-order valence-electron chi connectivity index (χ0n) is 21.1. The lowest BCUT2D eigenvalue weighted by molar-refractivity contribution is -0.141. The van der Waals surface area contributed by atoms with Gasteiger partial charge in [0, 0.05) is 30.8 Å². The molecule has 2 saturated heterocycles. The number of piperidine rings is 1. The number of anilines is 1. The van der Waals surface area contributed by atoms with Crippen molar-refractivity contribution in [3.05, 3.63) is 18.2 Å². The number of rotatable bonds is 4. The third-order valence-electron chi connectivity index (χ3n) is 7.78. The number of carbonyl (C=O) groups is 4. The molecule has 2 N–H and O–H groups in total. The largest absolute Gasteiger partial charge is 0.454 e. The maximum atomic E-state index is 13.3. The first-order chi connectivity index (χ1) is 17.1. The summed E-state index contributed by atoms with van der Waals surface area (Å²) < 4.78 is 10.6. The van der Waals surface area contributed by atoms with Crippen LogP contribution in [0.3, 0.4) is 0 Å². The number of fused-ring (bicyclic) bond motifs is 1. The van der Waals surface area contributed by atoms with Crippen LogP contribution in [0.5, 0.6) is 11.5 Å². The van der Waals surface area contributed by atoms with Crippen molar-refractivity contribution in [1.82, 2.24) is 15.1 Å². The van der Waals surface area contributed by atoms with E-state index >= 15 is 0 Å². The number of nitrogens with zero attached hydrogens (tertiary/aromatic N) is 2. The minimum absolute atomic E-state index is 0.0658. The van der Waals surface area contributed by atoms with Gasteiger partial charge < -0.3 is 25.0 Å². The molecule has 36 heavy (non-hydrogen) atoms. The molecule has 3 fully saturated rings. The molecule has 4 aliphatic rings. The zero-order valence-corrected chi connectivity index (χ0v) is 21.1. The second-order valence-electron chi connectivity index (χ2n) is 11.5. The lowest BCUT2D eigenvalue weighted by atomic mass is 9.64. The molecule has 1 aromatic carbocycles. The van der Waals surface area contributed by atoms with E-state index in [4.69, 9.17) is 9.47 Å². The fraction of sp³-hybridized carbons (Fsp3) is 0.615. The van der Waals surface area contributed by atoms with E-state index in [1.165, 1.54) is 0 Å². The highest BCUT2D eigenvalue weighted by Crippen LogP contribution is 2.46. The summed E-state index contributed by atoms with van der Waals surface area (Å²) in [6, 6.07) is 4.77. The first-order valence-corrected chi connectivity index (χ1v) is 12.7. The lowest BCUT2D eigenvalue weighted by Gasteiger charge is -2.43. The standard InChI is InChI=1S/C26H34N4O6/c1-16-11-25(2,3)14-26(12-16)23(33)30(24(34)28-26)13-21(31)29-8-6-17(7-9-29)22(32)27-18-4-5-19-20(10-18)36-15-35-19/h4-5,10,16-17H,6-9,11-15H2,1-3H3,(H,27,32)(H,28,34). The maximum Gasteiger partial charge on any atom is 0.325 e. The van der Waals surface area contributed by atoms with E-state index in [9.17, 15) is 19.2 Å². The van der Waals surface area contributed by atoms with Crippen LogP contribution in [-0.2, 0) is 14.4 Å². The average Bonchev–Trinajstić information content (AvgIpc) is 3.35. The van der Waals surface area contributed by atoms with Gasteiger partial charge in [-0.3, -0.25) is 19.3 Å². The van der Waals surface area contributed by atoms with E-state index in [1.54, 1.807) is 23.1 Å². The Labute approximate surface area is 210 Å². The fourth-order valence-electron chi connectivity index (χ4n) is 6.49. The molecule has 5 amide bonds. The molecule has 194 valence electrons. The highest BCUT2D eigenvalue weighted by atomic mass is 16.7. The molecule has 2 unspecified atom stereocenters. The van der Waals surface area contributed by atoms with E-state index in [1.807, 2.05) is 0 Å². The highest BCUT2D eigenvalue weighted by Gasteiger charge is 2.56. The molecule has 2 atom stereocenters. The predicted molar refractivity (Wildman–Crippen MR) is 130 cm³/mol. The summed E-state index contributed by atoms with van der Waals surface area (Å²) in [6.07, 6.45) is 3.18. The van der Waals surface area contributed by atoms with Crippen LogP contribution in [0.1, 0.15) is 52.9 Å². The third-order valence-corrected chi connectivity index (χ3v) is 7.78. The Morgan fingerprint density at radius 2 is 1.83 bits per heavy atom. The van der Waals surface area contributed by atoms with Gasteiger partial charge in [-0.1, -0.05) is 20.8 Å². The number of urea groups is 1. The number of amides is 5. The second kappa shape index (κ2) is 8.97. The Balaban J connectivity index is 1.14. The van der Waals surface area contributed by atoms with Crippen LogP contribution in [0.25, 0.3) is 0 Å². The Bertz CT molecular complexity index is 1100. The van der Waals surface area contributed by atoms with Gasteiger partial charge in [0.1, 0.15) is 12.1 Å². The molecular weight excluding hydrogens is 464 g/mol. The molecule has 0 radical (unpaired) electrons. The quantitative estimate of drug-likeness (QED) is 0.617. The van der Waals surface area contributed by atoms with E-state index in [0.29, 0.717) is 61.9 Å². The van der Waals surface area contributed by atoms with Gasteiger partial charge in [0.25, 0.3) is 5.91 Å². The minimum atomic E-state index is -0.918. The Morgan fingerprint density at radius 1 is 1.11 bits per heavy atom. The molecular formula is C26H34N4O6. The van der Waals surface area contributed by atoms with Crippen molar-refractivity contribution in [2.45, 2.75) is 58.4 Å². The van der Waals surface area contributed by atoms with Crippen LogP contribution >= 0.6 is 0 Å².